The number of nitrogens with one attached hydrogen (secondary N) is 2. The minimum absolute atomic E-state index is 0.0416. The van der Waals surface area contributed by atoms with Crippen LogP contribution in [0.3, 0.4) is 0 Å². The molecule has 0 aromatic heterocycles. The number of hydrogen-bond acceptors (Lipinski definition) is 6. The van der Waals surface area contributed by atoms with Crippen molar-refractivity contribution in [3.63, 3.8) is 0 Å². The van der Waals surface area contributed by atoms with Gasteiger partial charge in [-0.15, -0.1) is 0 Å². The maximum Gasteiger partial charge on any atom is 0.408 e. The number of benzene rings is 1. The molecular weight excluding hydrogens is 410 g/mol. The van der Waals surface area contributed by atoms with Gasteiger partial charge >= 0.3 is 12.2 Å². The first kappa shape index (κ1) is 22.8. The highest BCUT2D eigenvalue weighted by Crippen LogP contribution is 2.20. The third-order valence-electron chi connectivity index (χ3n) is 4.32. The zero-order chi connectivity index (χ0) is 22.6. The molecule has 1 unspecified atom stereocenters. The Morgan fingerprint density at radius 1 is 1.30 bits per heavy atom. The van der Waals surface area contributed by atoms with Crippen LogP contribution in [-0.2, 0) is 4.79 Å². The van der Waals surface area contributed by atoms with E-state index in [2.05, 4.69) is 5.32 Å². The molecule has 1 atom stereocenters. The molecule has 0 radical (unpaired) electrons. The summed E-state index contributed by atoms with van der Waals surface area (Å²) in [5, 5.41) is 14.1. The molecule has 1 aromatic carbocycles. The van der Waals surface area contributed by atoms with Crippen LogP contribution in [0.15, 0.2) is 29.6 Å². The van der Waals surface area contributed by atoms with Crippen LogP contribution in [0, 0.1) is 17.1 Å². The van der Waals surface area contributed by atoms with Gasteiger partial charge in [0.05, 0.1) is 24.4 Å². The van der Waals surface area contributed by atoms with E-state index >= 15 is 0 Å². The Kier molecular flexibility index (Phi) is 6.73. The molecule has 1 fully saturated rings. The van der Waals surface area contributed by atoms with Gasteiger partial charge in [-0.1, -0.05) is 0 Å². The summed E-state index contributed by atoms with van der Waals surface area (Å²) >= 11 is 0. The molecule has 1 aliphatic rings. The number of urea groups is 1. The lowest BCUT2D eigenvalue weighted by Crippen LogP contribution is -2.53. The Hall–Kier alpha value is -3.53. The molecule has 13 heteroatoms. The first-order valence-corrected chi connectivity index (χ1v) is 8.58. The van der Waals surface area contributed by atoms with E-state index in [-0.39, 0.29) is 36.6 Å². The molecule has 1 saturated heterocycles. The lowest BCUT2D eigenvalue weighted by atomic mass is 10.2. The molecule has 0 saturated carbocycles. The highest BCUT2D eigenvalue weighted by atomic mass is 19.4. The number of alkyl halides is 3. The van der Waals surface area contributed by atoms with Gasteiger partial charge in [-0.3, -0.25) is 4.79 Å². The van der Waals surface area contributed by atoms with Gasteiger partial charge < -0.3 is 26.3 Å². The molecular formula is C17H19F4N7O2. The summed E-state index contributed by atoms with van der Waals surface area (Å²) in [5.74, 6) is 3.84. The number of anilines is 1. The van der Waals surface area contributed by atoms with Crippen molar-refractivity contribution in [2.24, 2.45) is 11.6 Å². The fourth-order valence-electron chi connectivity index (χ4n) is 2.51. The number of nitrogens with two attached hydrogens (primary N) is 2. The number of carbonyl (C=O) groups is 2. The summed E-state index contributed by atoms with van der Waals surface area (Å²) in [6, 6.07) is 2.26. The van der Waals surface area contributed by atoms with Crippen LogP contribution in [0.2, 0.25) is 0 Å². The zero-order valence-corrected chi connectivity index (χ0v) is 15.8. The summed E-state index contributed by atoms with van der Waals surface area (Å²) < 4.78 is 51.3. The van der Waals surface area contributed by atoms with E-state index in [0.717, 1.165) is 24.1 Å². The maximum atomic E-state index is 13.4. The smallest absolute Gasteiger partial charge is 0.393 e. The Balaban J connectivity index is 2.14. The summed E-state index contributed by atoms with van der Waals surface area (Å²) in [7, 11) is 0. The van der Waals surface area contributed by atoms with Gasteiger partial charge in [0.25, 0.3) is 5.91 Å². The van der Waals surface area contributed by atoms with Crippen LogP contribution in [0.5, 0.6) is 0 Å². The average Bonchev–Trinajstić information content (AvgIpc) is 2.68. The van der Waals surface area contributed by atoms with E-state index in [1.165, 1.54) is 11.0 Å². The highest BCUT2D eigenvalue weighted by Gasteiger charge is 2.38. The number of rotatable bonds is 3. The second-order valence-corrected chi connectivity index (χ2v) is 6.45. The number of nitriles is 1. The average molecular weight is 429 g/mol. The van der Waals surface area contributed by atoms with Crippen LogP contribution in [0.4, 0.5) is 28.0 Å². The molecule has 6 N–H and O–H groups in total. The summed E-state index contributed by atoms with van der Waals surface area (Å²) in [6.45, 7) is 0.674. The van der Waals surface area contributed by atoms with E-state index in [9.17, 15) is 27.2 Å². The fraction of sp³-hybridized carbons (Fsp3) is 0.353. The number of hydrogen-bond donors (Lipinski definition) is 4. The lowest BCUT2D eigenvalue weighted by Gasteiger charge is -2.36. The SMILES string of the molecule is CC(NC(=O)/C(N)=C1\CN(C(=O)Nc2ccc(F)c(C#N)c2)CCN1N)C(F)(F)F. The predicted molar refractivity (Wildman–Crippen MR) is 97.5 cm³/mol. The van der Waals surface area contributed by atoms with Crippen molar-refractivity contribution in [1.82, 2.24) is 15.2 Å². The zero-order valence-electron chi connectivity index (χ0n) is 15.8. The molecule has 0 bridgehead atoms. The van der Waals surface area contributed by atoms with Gasteiger partial charge in [-0.05, 0) is 25.1 Å². The van der Waals surface area contributed by atoms with Crippen molar-refractivity contribution in [1.29, 1.82) is 5.26 Å². The first-order valence-electron chi connectivity index (χ1n) is 8.58. The third-order valence-corrected chi connectivity index (χ3v) is 4.32. The van der Waals surface area contributed by atoms with E-state index in [0.29, 0.717) is 0 Å². The summed E-state index contributed by atoms with van der Waals surface area (Å²) in [5.41, 5.74) is 4.98. The van der Waals surface area contributed by atoms with E-state index in [4.69, 9.17) is 16.8 Å². The van der Waals surface area contributed by atoms with Gasteiger partial charge in [-0.2, -0.15) is 18.4 Å². The van der Waals surface area contributed by atoms with Crippen LogP contribution in [-0.4, -0.2) is 53.7 Å². The van der Waals surface area contributed by atoms with Gasteiger partial charge in [0.15, 0.2) is 0 Å². The van der Waals surface area contributed by atoms with E-state index < -0.39 is 35.7 Å². The van der Waals surface area contributed by atoms with Crippen molar-refractivity contribution in [2.45, 2.75) is 19.1 Å². The van der Waals surface area contributed by atoms with Crippen LogP contribution in [0.25, 0.3) is 0 Å². The first-order chi connectivity index (χ1) is 13.9. The standard InChI is InChI=1S/C17H19F4N7O2/c1-9(17(19,20)21)25-15(29)14(23)13-8-27(4-5-28(13)24)16(30)26-11-2-3-12(18)10(6-11)7-22/h2-3,6,9H,4-5,8,23-24H2,1H3,(H,25,29)(H,26,30)/b14-13-. The largest absolute Gasteiger partial charge is 0.408 e. The molecule has 1 heterocycles. The van der Waals surface area contributed by atoms with Crippen molar-refractivity contribution in [3.05, 3.63) is 41.0 Å². The molecule has 9 nitrogen and oxygen atoms in total. The van der Waals surface area contributed by atoms with Crippen molar-refractivity contribution < 1.29 is 27.2 Å². The number of carbonyl (C=O) groups excluding carboxylic acids is 2. The molecule has 162 valence electrons. The summed E-state index contributed by atoms with van der Waals surface area (Å²) in [4.78, 5) is 25.7. The van der Waals surface area contributed by atoms with E-state index in [1.54, 1.807) is 11.4 Å². The van der Waals surface area contributed by atoms with Crippen LogP contribution in [0.1, 0.15) is 12.5 Å². The van der Waals surface area contributed by atoms with Gasteiger partial charge in [0, 0.05) is 12.2 Å². The number of piperazine rings is 1. The van der Waals surface area contributed by atoms with Crippen LogP contribution >= 0.6 is 0 Å². The van der Waals surface area contributed by atoms with E-state index in [1.807, 2.05) is 0 Å². The second kappa shape index (κ2) is 8.87. The molecule has 30 heavy (non-hydrogen) atoms. The monoisotopic (exact) mass is 429 g/mol. The normalized spacial score (nSPS) is 17.1. The molecule has 0 spiro atoms. The van der Waals surface area contributed by atoms with Crippen LogP contribution < -0.4 is 22.2 Å². The van der Waals surface area contributed by atoms with Gasteiger partial charge in [0.1, 0.15) is 23.6 Å². The Morgan fingerprint density at radius 3 is 2.57 bits per heavy atom. The van der Waals surface area contributed by atoms with Crippen molar-refractivity contribution in [3.8, 4) is 6.07 Å². The van der Waals surface area contributed by atoms with Gasteiger partial charge in [-0.25, -0.2) is 15.0 Å². The van der Waals surface area contributed by atoms with Gasteiger partial charge in [0.2, 0.25) is 0 Å². The Morgan fingerprint density at radius 2 is 1.97 bits per heavy atom. The number of hydrazine groups is 1. The Bertz CT molecular complexity index is 910. The molecule has 0 aliphatic carbocycles. The quantitative estimate of drug-likeness (QED) is 0.321. The summed E-state index contributed by atoms with van der Waals surface area (Å²) in [6.07, 6.45) is -4.65. The lowest BCUT2D eigenvalue weighted by molar-refractivity contribution is -0.156. The minimum atomic E-state index is -4.65. The number of halogens is 4. The molecule has 2 rings (SSSR count). The minimum Gasteiger partial charge on any atom is -0.393 e. The maximum absolute atomic E-state index is 13.4. The molecule has 1 aliphatic heterocycles. The Labute approximate surface area is 168 Å². The molecule has 1 aromatic rings. The fourth-order valence-corrected chi connectivity index (χ4v) is 2.51. The number of amides is 3. The van der Waals surface area contributed by atoms with Crippen molar-refractivity contribution >= 4 is 17.6 Å². The third kappa shape index (κ3) is 5.29. The second-order valence-electron chi connectivity index (χ2n) is 6.45. The highest BCUT2D eigenvalue weighted by molar-refractivity contribution is 5.94. The van der Waals surface area contributed by atoms with Crippen molar-refractivity contribution in [2.75, 3.05) is 25.0 Å². The topological polar surface area (TPSA) is 141 Å². The predicted octanol–water partition coefficient (Wildman–Crippen LogP) is 0.958. The molecule has 3 amide bonds. The number of nitrogens with zero attached hydrogens (tertiary/aromatic N) is 3.